The first kappa shape index (κ1) is 30.5. The molecule has 1 atom stereocenters. The number of carbonyl (C=O) groups excluding carboxylic acids is 3. The molecule has 5 rings (SSSR count). The zero-order chi connectivity index (χ0) is 31.1. The maximum absolute atomic E-state index is 13.1. The fourth-order valence-electron chi connectivity index (χ4n) is 5.30. The summed E-state index contributed by atoms with van der Waals surface area (Å²) in [6.07, 6.45) is 2.13. The number of aliphatic imine (C=N–C) groups is 1. The Balaban J connectivity index is 1.24. The number of alkyl carbamates (subject to hydrolysis) is 2. The number of cyclic esters (lactones) is 1. The molecule has 1 aliphatic carbocycles. The number of hydrogen-bond acceptors (Lipinski definition) is 7. The molecule has 1 heterocycles. The van der Waals surface area contributed by atoms with Crippen LogP contribution in [0.5, 0.6) is 0 Å². The zero-order valence-corrected chi connectivity index (χ0v) is 25.2. The molecule has 9 nitrogen and oxygen atoms in total. The van der Waals surface area contributed by atoms with Crippen molar-refractivity contribution in [3.63, 3.8) is 0 Å². The highest BCUT2D eigenvalue weighted by molar-refractivity contribution is 6.09. The molecule has 44 heavy (non-hydrogen) atoms. The van der Waals surface area contributed by atoms with Gasteiger partial charge in [-0.25, -0.2) is 19.4 Å². The summed E-state index contributed by atoms with van der Waals surface area (Å²) < 4.78 is 16.5. The molecule has 0 fully saturated rings. The molecular formula is C35H37N3O6. The predicted octanol–water partition coefficient (Wildman–Crippen LogP) is 6.59. The van der Waals surface area contributed by atoms with Gasteiger partial charge in [-0.15, -0.1) is 0 Å². The van der Waals surface area contributed by atoms with Crippen molar-refractivity contribution < 1.29 is 28.6 Å². The molecule has 2 amide bonds. The number of nitrogens with one attached hydrogen (secondary N) is 2. The molecule has 0 radical (unpaired) electrons. The number of rotatable bonds is 10. The third-order valence-corrected chi connectivity index (χ3v) is 7.26. The van der Waals surface area contributed by atoms with Crippen LogP contribution in [0, 0.1) is 0 Å². The number of carbonyl (C=O) groups is 3. The van der Waals surface area contributed by atoms with Crippen molar-refractivity contribution in [2.45, 2.75) is 57.6 Å². The number of ether oxygens (including phenoxy) is 3. The molecule has 228 valence electrons. The van der Waals surface area contributed by atoms with Gasteiger partial charge in [0.15, 0.2) is 5.70 Å². The highest BCUT2D eigenvalue weighted by Gasteiger charge is 2.32. The van der Waals surface area contributed by atoms with Crippen LogP contribution in [-0.2, 0) is 19.0 Å². The van der Waals surface area contributed by atoms with Gasteiger partial charge in [0, 0.05) is 12.5 Å². The molecule has 0 aromatic heterocycles. The third kappa shape index (κ3) is 7.72. The molecule has 3 aromatic carbocycles. The van der Waals surface area contributed by atoms with Crippen molar-refractivity contribution in [3.05, 3.63) is 101 Å². The molecule has 0 spiro atoms. The van der Waals surface area contributed by atoms with Crippen molar-refractivity contribution in [1.82, 2.24) is 10.6 Å². The minimum atomic E-state index is -0.710. The first-order chi connectivity index (χ1) is 21.2. The predicted molar refractivity (Wildman–Crippen MR) is 168 cm³/mol. The Kier molecular flexibility index (Phi) is 9.43. The molecule has 0 saturated heterocycles. The summed E-state index contributed by atoms with van der Waals surface area (Å²) in [7, 11) is 0. The SMILES string of the molecule is CC(C)(C)OC(=O)NCCCC[C@H](NC(=O)OCC1c2ccccc2-c2ccccc21)C1=N/C(=C/c2ccccc2)C(=O)O1. The van der Waals surface area contributed by atoms with Gasteiger partial charge in [0.05, 0.1) is 0 Å². The second-order valence-corrected chi connectivity index (χ2v) is 11.7. The fourth-order valence-corrected chi connectivity index (χ4v) is 5.30. The third-order valence-electron chi connectivity index (χ3n) is 7.26. The van der Waals surface area contributed by atoms with E-state index in [9.17, 15) is 14.4 Å². The van der Waals surface area contributed by atoms with Crippen molar-refractivity contribution in [2.75, 3.05) is 13.2 Å². The van der Waals surface area contributed by atoms with Crippen molar-refractivity contribution in [2.24, 2.45) is 4.99 Å². The van der Waals surface area contributed by atoms with E-state index < -0.39 is 29.8 Å². The fraction of sp³-hybridized carbons (Fsp3) is 0.314. The number of hydrogen-bond donors (Lipinski definition) is 2. The van der Waals surface area contributed by atoms with Crippen LogP contribution in [0.2, 0.25) is 0 Å². The molecule has 1 aliphatic heterocycles. The smallest absolute Gasteiger partial charge is 0.407 e. The van der Waals surface area contributed by atoms with Crippen LogP contribution in [0.4, 0.5) is 9.59 Å². The van der Waals surface area contributed by atoms with E-state index in [1.807, 2.05) is 54.6 Å². The summed E-state index contributed by atoms with van der Waals surface area (Å²) in [5.41, 5.74) is 4.87. The van der Waals surface area contributed by atoms with E-state index in [1.165, 1.54) is 0 Å². The van der Waals surface area contributed by atoms with Crippen LogP contribution in [-0.4, -0.2) is 48.8 Å². The van der Waals surface area contributed by atoms with E-state index in [1.54, 1.807) is 26.8 Å². The first-order valence-corrected chi connectivity index (χ1v) is 14.8. The Bertz CT molecular complexity index is 1530. The highest BCUT2D eigenvalue weighted by atomic mass is 16.6. The lowest BCUT2D eigenvalue weighted by atomic mass is 9.98. The van der Waals surface area contributed by atoms with Crippen molar-refractivity contribution in [1.29, 1.82) is 0 Å². The normalized spacial score (nSPS) is 15.6. The van der Waals surface area contributed by atoms with Crippen LogP contribution in [0.3, 0.4) is 0 Å². The Hall–Kier alpha value is -4.92. The summed E-state index contributed by atoms with van der Waals surface area (Å²) in [5, 5.41) is 5.59. The largest absolute Gasteiger partial charge is 0.449 e. The van der Waals surface area contributed by atoms with Crippen LogP contribution in [0.1, 0.15) is 62.6 Å². The molecule has 0 unspecified atom stereocenters. The number of unbranched alkanes of at least 4 members (excludes halogenated alkanes) is 1. The van der Waals surface area contributed by atoms with Gasteiger partial charge in [-0.05, 0) is 73.9 Å². The molecule has 3 aromatic rings. The Labute approximate surface area is 257 Å². The summed E-state index contributed by atoms with van der Waals surface area (Å²) in [6.45, 7) is 5.94. The van der Waals surface area contributed by atoms with Gasteiger partial charge >= 0.3 is 18.2 Å². The van der Waals surface area contributed by atoms with Crippen LogP contribution in [0.15, 0.2) is 89.6 Å². The number of fused-ring (bicyclic) bond motifs is 3. The van der Waals surface area contributed by atoms with Gasteiger partial charge in [0.1, 0.15) is 18.2 Å². The van der Waals surface area contributed by atoms with Gasteiger partial charge in [-0.2, -0.15) is 0 Å². The average Bonchev–Trinajstić information content (AvgIpc) is 3.52. The van der Waals surface area contributed by atoms with Gasteiger partial charge < -0.3 is 24.8 Å². The lowest BCUT2D eigenvalue weighted by Crippen LogP contribution is -2.42. The van der Waals surface area contributed by atoms with E-state index in [2.05, 4.69) is 39.9 Å². The molecular weight excluding hydrogens is 558 g/mol. The van der Waals surface area contributed by atoms with Crippen molar-refractivity contribution in [3.8, 4) is 11.1 Å². The van der Waals surface area contributed by atoms with Gasteiger partial charge in [-0.3, -0.25) is 0 Å². The second kappa shape index (κ2) is 13.6. The van der Waals surface area contributed by atoms with Crippen LogP contribution in [0.25, 0.3) is 17.2 Å². The standard InChI is InChI=1S/C35H37N3O6/c1-35(2,3)44-33(40)36-20-12-11-19-29(31-37-30(32(39)43-31)21-23-13-5-4-6-14-23)38-34(41)42-22-28-26-17-9-7-15-24(26)25-16-8-10-18-27(25)28/h4-10,13-18,21,28-29H,11-12,19-20,22H2,1-3H3,(H,36,40)(H,38,41)/b30-21+/t29-/m0/s1. The van der Waals surface area contributed by atoms with Crippen LogP contribution >= 0.6 is 0 Å². The first-order valence-electron chi connectivity index (χ1n) is 14.8. The quantitative estimate of drug-likeness (QED) is 0.118. The minimum Gasteiger partial charge on any atom is -0.449 e. The summed E-state index contributed by atoms with van der Waals surface area (Å²) in [5.74, 6) is -0.576. The number of nitrogens with zero attached hydrogens (tertiary/aromatic N) is 1. The molecule has 2 N–H and O–H groups in total. The number of amides is 2. The topological polar surface area (TPSA) is 115 Å². The molecule has 0 bridgehead atoms. The maximum Gasteiger partial charge on any atom is 0.407 e. The number of esters is 1. The van der Waals surface area contributed by atoms with E-state index in [-0.39, 0.29) is 24.1 Å². The zero-order valence-electron chi connectivity index (χ0n) is 25.2. The van der Waals surface area contributed by atoms with Gasteiger partial charge in [0.2, 0.25) is 5.90 Å². The minimum absolute atomic E-state index is 0.0902. The second-order valence-electron chi connectivity index (χ2n) is 11.7. The van der Waals surface area contributed by atoms with E-state index >= 15 is 0 Å². The van der Waals surface area contributed by atoms with Crippen LogP contribution < -0.4 is 10.6 Å². The molecule has 2 aliphatic rings. The Morgan fingerprint density at radius 2 is 1.55 bits per heavy atom. The molecule has 0 saturated carbocycles. The maximum atomic E-state index is 13.1. The van der Waals surface area contributed by atoms with E-state index in [0.29, 0.717) is 25.8 Å². The monoisotopic (exact) mass is 595 g/mol. The Morgan fingerprint density at radius 3 is 2.20 bits per heavy atom. The lowest BCUT2D eigenvalue weighted by Gasteiger charge is -2.20. The van der Waals surface area contributed by atoms with E-state index in [0.717, 1.165) is 27.8 Å². The van der Waals surface area contributed by atoms with E-state index in [4.69, 9.17) is 14.2 Å². The average molecular weight is 596 g/mol. The van der Waals surface area contributed by atoms with Gasteiger partial charge in [-0.1, -0.05) is 78.9 Å². The lowest BCUT2D eigenvalue weighted by molar-refractivity contribution is -0.130. The molecule has 9 heteroatoms. The number of benzene rings is 3. The summed E-state index contributed by atoms with van der Waals surface area (Å²) >= 11 is 0. The highest BCUT2D eigenvalue weighted by Crippen LogP contribution is 2.44. The Morgan fingerprint density at radius 1 is 0.909 bits per heavy atom. The summed E-state index contributed by atoms with van der Waals surface area (Å²) in [4.78, 5) is 42.2. The van der Waals surface area contributed by atoms with Crippen molar-refractivity contribution >= 4 is 30.1 Å². The van der Waals surface area contributed by atoms with Gasteiger partial charge in [0.25, 0.3) is 0 Å². The summed E-state index contributed by atoms with van der Waals surface area (Å²) in [6, 6.07) is 24.9.